The molecule has 2 saturated heterocycles. The van der Waals surface area contributed by atoms with Crippen LogP contribution in [0.15, 0.2) is 47.4 Å². The SMILES string of the molecule is CN1CCN(S(=O)(=O)c2cccc(C(=O)Nc3cc(Cl)ccc3N3CCCCC3)c2)CC1. The van der Waals surface area contributed by atoms with E-state index in [1.165, 1.54) is 16.8 Å². The van der Waals surface area contributed by atoms with Crippen molar-refractivity contribution in [3.63, 3.8) is 0 Å². The van der Waals surface area contributed by atoms with E-state index < -0.39 is 10.0 Å². The highest BCUT2D eigenvalue weighted by atomic mass is 35.5. The Morgan fingerprint density at radius 2 is 1.66 bits per heavy atom. The van der Waals surface area contributed by atoms with Gasteiger partial charge in [0.1, 0.15) is 0 Å². The molecule has 0 unspecified atom stereocenters. The van der Waals surface area contributed by atoms with E-state index in [4.69, 9.17) is 11.6 Å². The smallest absolute Gasteiger partial charge is 0.255 e. The Hall–Kier alpha value is -2.13. The fourth-order valence-electron chi connectivity index (χ4n) is 4.19. The molecule has 9 heteroatoms. The molecule has 1 amide bonds. The number of hydrogen-bond acceptors (Lipinski definition) is 5. The van der Waals surface area contributed by atoms with Gasteiger partial charge < -0.3 is 15.1 Å². The first-order valence-electron chi connectivity index (χ1n) is 11.0. The molecule has 0 aliphatic carbocycles. The summed E-state index contributed by atoms with van der Waals surface area (Å²) in [5.74, 6) is -0.360. The van der Waals surface area contributed by atoms with Gasteiger partial charge in [-0.1, -0.05) is 17.7 Å². The van der Waals surface area contributed by atoms with E-state index in [2.05, 4.69) is 15.1 Å². The maximum atomic E-state index is 13.1. The molecule has 2 aromatic carbocycles. The van der Waals surface area contributed by atoms with E-state index in [9.17, 15) is 13.2 Å². The lowest BCUT2D eigenvalue weighted by atomic mass is 10.1. The molecule has 0 atom stereocenters. The normalized spacial score (nSPS) is 18.5. The zero-order valence-electron chi connectivity index (χ0n) is 18.3. The third kappa shape index (κ3) is 5.09. The van der Waals surface area contributed by atoms with Crippen LogP contribution in [0, 0.1) is 0 Å². The fourth-order valence-corrected chi connectivity index (χ4v) is 5.83. The van der Waals surface area contributed by atoms with Crippen molar-refractivity contribution in [2.24, 2.45) is 0 Å². The minimum absolute atomic E-state index is 0.136. The standard InChI is InChI=1S/C23H29ClN4O3S/c1-26-12-14-28(15-13-26)32(30,31)20-7-5-6-18(16-20)23(29)25-21-17-19(24)8-9-22(21)27-10-3-2-4-11-27/h5-9,16-17H,2-4,10-15H2,1H3,(H,25,29). The molecule has 32 heavy (non-hydrogen) atoms. The molecule has 1 N–H and O–H groups in total. The third-order valence-corrected chi connectivity index (χ3v) is 8.23. The van der Waals surface area contributed by atoms with Gasteiger partial charge in [0.05, 0.1) is 16.3 Å². The van der Waals surface area contributed by atoms with Gasteiger partial charge in [0.15, 0.2) is 0 Å². The molecule has 2 fully saturated rings. The van der Waals surface area contributed by atoms with Crippen LogP contribution in [0.1, 0.15) is 29.6 Å². The molecule has 2 aliphatic rings. The number of nitrogens with zero attached hydrogens (tertiary/aromatic N) is 3. The molecule has 7 nitrogen and oxygen atoms in total. The maximum Gasteiger partial charge on any atom is 0.255 e. The topological polar surface area (TPSA) is 73.0 Å². The average Bonchev–Trinajstić information content (AvgIpc) is 2.80. The van der Waals surface area contributed by atoms with Crippen molar-refractivity contribution in [3.05, 3.63) is 53.1 Å². The first-order chi connectivity index (χ1) is 15.3. The second-order valence-corrected chi connectivity index (χ2v) is 10.8. The minimum atomic E-state index is -3.65. The lowest BCUT2D eigenvalue weighted by Crippen LogP contribution is -2.47. The van der Waals surface area contributed by atoms with Crippen LogP contribution in [-0.4, -0.2) is 69.8 Å². The summed E-state index contributed by atoms with van der Waals surface area (Å²) in [6, 6.07) is 11.7. The van der Waals surface area contributed by atoms with Crippen molar-refractivity contribution in [3.8, 4) is 0 Å². The van der Waals surface area contributed by atoms with Gasteiger partial charge >= 0.3 is 0 Å². The van der Waals surface area contributed by atoms with E-state index in [0.29, 0.717) is 42.5 Å². The second kappa shape index (κ2) is 9.79. The Kier molecular flexibility index (Phi) is 7.05. The van der Waals surface area contributed by atoms with Gasteiger partial charge in [-0.25, -0.2) is 8.42 Å². The van der Waals surface area contributed by atoms with Crippen LogP contribution in [0.25, 0.3) is 0 Å². The highest BCUT2D eigenvalue weighted by molar-refractivity contribution is 7.89. The van der Waals surface area contributed by atoms with Crippen LogP contribution in [0.5, 0.6) is 0 Å². The number of hydrogen-bond donors (Lipinski definition) is 1. The first kappa shape index (κ1) is 23.0. The Morgan fingerprint density at radius 3 is 2.38 bits per heavy atom. The van der Waals surface area contributed by atoms with E-state index in [-0.39, 0.29) is 10.8 Å². The lowest BCUT2D eigenvalue weighted by molar-refractivity contribution is 0.102. The van der Waals surface area contributed by atoms with Crippen LogP contribution >= 0.6 is 11.6 Å². The Bertz CT molecular complexity index is 1080. The van der Waals surface area contributed by atoms with Crippen molar-refractivity contribution in [2.45, 2.75) is 24.2 Å². The molecule has 0 spiro atoms. The number of benzene rings is 2. The molecular weight excluding hydrogens is 448 g/mol. The largest absolute Gasteiger partial charge is 0.370 e. The number of nitrogens with one attached hydrogen (secondary N) is 1. The Labute approximate surface area is 195 Å². The highest BCUT2D eigenvalue weighted by Crippen LogP contribution is 2.32. The predicted octanol–water partition coefficient (Wildman–Crippen LogP) is 3.52. The second-order valence-electron chi connectivity index (χ2n) is 8.40. The number of sulfonamides is 1. The van der Waals surface area contributed by atoms with Crippen LogP contribution in [0.2, 0.25) is 5.02 Å². The molecule has 0 aromatic heterocycles. The number of piperazine rings is 1. The molecule has 2 aliphatic heterocycles. The van der Waals surface area contributed by atoms with Gasteiger partial charge in [-0.2, -0.15) is 4.31 Å². The Morgan fingerprint density at radius 1 is 0.938 bits per heavy atom. The van der Waals surface area contributed by atoms with Crippen LogP contribution in [-0.2, 0) is 10.0 Å². The fraction of sp³-hybridized carbons (Fsp3) is 0.435. The summed E-state index contributed by atoms with van der Waals surface area (Å²) in [5.41, 5.74) is 1.87. The summed E-state index contributed by atoms with van der Waals surface area (Å²) in [6.45, 7) is 4.13. The molecule has 2 aromatic rings. The number of rotatable bonds is 5. The van der Waals surface area contributed by atoms with Crippen molar-refractivity contribution in [1.29, 1.82) is 0 Å². The van der Waals surface area contributed by atoms with Gasteiger partial charge in [0.2, 0.25) is 10.0 Å². The summed E-state index contributed by atoms with van der Waals surface area (Å²) in [6.07, 6.45) is 3.44. The minimum Gasteiger partial charge on any atom is -0.370 e. The number of carbonyl (C=O) groups is 1. The third-order valence-electron chi connectivity index (χ3n) is 6.10. The van der Waals surface area contributed by atoms with Gasteiger partial charge in [0.25, 0.3) is 5.91 Å². The number of anilines is 2. The molecule has 0 bridgehead atoms. The zero-order valence-corrected chi connectivity index (χ0v) is 19.8. The van der Waals surface area contributed by atoms with E-state index in [1.807, 2.05) is 19.2 Å². The molecule has 2 heterocycles. The highest BCUT2D eigenvalue weighted by Gasteiger charge is 2.28. The van der Waals surface area contributed by atoms with Gasteiger partial charge in [-0.05, 0) is 62.7 Å². The predicted molar refractivity (Wildman–Crippen MR) is 128 cm³/mol. The molecule has 172 valence electrons. The molecule has 4 rings (SSSR count). The van der Waals surface area contributed by atoms with Crippen molar-refractivity contribution < 1.29 is 13.2 Å². The van der Waals surface area contributed by atoms with E-state index in [1.54, 1.807) is 24.3 Å². The number of likely N-dealkylation sites (N-methyl/N-ethyl adjacent to an activating group) is 1. The first-order valence-corrected chi connectivity index (χ1v) is 12.8. The number of piperidine rings is 1. The van der Waals surface area contributed by atoms with E-state index >= 15 is 0 Å². The summed E-state index contributed by atoms with van der Waals surface area (Å²) in [4.78, 5) is 17.6. The van der Waals surface area contributed by atoms with Crippen molar-refractivity contribution >= 4 is 38.9 Å². The monoisotopic (exact) mass is 476 g/mol. The zero-order chi connectivity index (χ0) is 22.7. The van der Waals surface area contributed by atoms with Crippen LogP contribution in [0.3, 0.4) is 0 Å². The summed E-state index contributed by atoms with van der Waals surface area (Å²) >= 11 is 6.21. The molecule has 0 radical (unpaired) electrons. The van der Waals surface area contributed by atoms with Crippen molar-refractivity contribution in [1.82, 2.24) is 9.21 Å². The van der Waals surface area contributed by atoms with Gasteiger partial charge in [0, 0.05) is 49.9 Å². The number of halogens is 1. The summed E-state index contributed by atoms with van der Waals surface area (Å²) < 4.78 is 27.6. The molecular formula is C23H29ClN4O3S. The quantitative estimate of drug-likeness (QED) is 0.714. The number of carbonyl (C=O) groups excluding carboxylic acids is 1. The van der Waals surface area contributed by atoms with Gasteiger partial charge in [-0.3, -0.25) is 4.79 Å². The summed E-state index contributed by atoms with van der Waals surface area (Å²) in [7, 11) is -1.67. The van der Waals surface area contributed by atoms with Gasteiger partial charge in [-0.15, -0.1) is 0 Å². The number of amides is 1. The lowest BCUT2D eigenvalue weighted by Gasteiger charge is -2.31. The summed E-state index contributed by atoms with van der Waals surface area (Å²) in [5, 5.41) is 3.48. The molecule has 0 saturated carbocycles. The van der Waals surface area contributed by atoms with Crippen molar-refractivity contribution in [2.75, 3.05) is 56.5 Å². The Balaban J connectivity index is 1.56. The van der Waals surface area contributed by atoms with Crippen LogP contribution < -0.4 is 10.2 Å². The average molecular weight is 477 g/mol. The maximum absolute atomic E-state index is 13.1. The van der Waals surface area contributed by atoms with E-state index in [0.717, 1.165) is 31.6 Å². The van der Waals surface area contributed by atoms with Crippen LogP contribution in [0.4, 0.5) is 11.4 Å².